The van der Waals surface area contributed by atoms with E-state index < -0.39 is 20.2 Å². The summed E-state index contributed by atoms with van der Waals surface area (Å²) >= 11 is 2.37. The van der Waals surface area contributed by atoms with Crippen LogP contribution in [-0.2, 0) is 20.2 Å². The second-order valence-corrected chi connectivity index (χ2v) is 14.3. The molecule has 0 unspecified atom stereocenters. The fourth-order valence-electron chi connectivity index (χ4n) is 4.52. The predicted octanol–water partition coefficient (Wildman–Crippen LogP) is 7.08. The van der Waals surface area contributed by atoms with E-state index in [2.05, 4.69) is 25.7 Å². The van der Waals surface area contributed by atoms with Crippen molar-refractivity contribution in [3.8, 4) is 21.1 Å². The average Bonchev–Trinajstić information content (AvgIpc) is 3.56. The van der Waals surface area contributed by atoms with Crippen LogP contribution in [0, 0.1) is 13.8 Å². The van der Waals surface area contributed by atoms with Gasteiger partial charge in [-0.1, -0.05) is 17.4 Å². The molecule has 0 aliphatic rings. The van der Waals surface area contributed by atoms with Gasteiger partial charge in [0.2, 0.25) is 0 Å². The van der Waals surface area contributed by atoms with Crippen LogP contribution in [0.3, 0.4) is 0 Å². The molecule has 4 aromatic carbocycles. The number of aromatic nitrogens is 2. The third-order valence-electron chi connectivity index (χ3n) is 6.52. The molecule has 0 atom stereocenters. The Balaban J connectivity index is 0.00000384. The number of anilines is 1. The SMILES string of the molecule is Cc1ccc2nc(-c3ccc(N=NNc4ccc(-c5nc6ccc(C)c(S(=O)(=O)O)c6s5)cc4)cc3)sc2c1S(=O)(=O)O.[Na]. The molecular weight excluding hydrogens is 654 g/mol. The third kappa shape index (κ3) is 6.47. The van der Waals surface area contributed by atoms with Crippen molar-refractivity contribution < 1.29 is 25.9 Å². The van der Waals surface area contributed by atoms with Crippen LogP contribution in [0.25, 0.3) is 41.6 Å². The second-order valence-electron chi connectivity index (χ2n) is 9.54. The molecule has 0 aliphatic carbocycles. The maximum absolute atomic E-state index is 11.9. The largest absolute Gasteiger partial charge is 0.296 e. The van der Waals surface area contributed by atoms with E-state index in [0.717, 1.165) is 11.1 Å². The molecule has 0 bridgehead atoms. The van der Waals surface area contributed by atoms with E-state index in [1.54, 1.807) is 74.5 Å². The average molecular weight is 675 g/mol. The zero-order valence-corrected chi connectivity index (χ0v) is 28.6. The molecule has 6 aromatic rings. The van der Waals surface area contributed by atoms with Crippen molar-refractivity contribution in [3.63, 3.8) is 0 Å². The summed E-state index contributed by atoms with van der Waals surface area (Å²) in [5.74, 6) is 0. The molecule has 3 N–H and O–H groups in total. The molecular formula is C28H21N5NaO6S4. The smallest absolute Gasteiger partial charge is 0.282 e. The van der Waals surface area contributed by atoms with Crippen LogP contribution in [0.1, 0.15) is 11.1 Å². The first kappa shape index (κ1) is 32.3. The predicted molar refractivity (Wildman–Crippen MR) is 173 cm³/mol. The molecule has 6 rings (SSSR count). The number of hydrogen-bond donors (Lipinski definition) is 3. The summed E-state index contributed by atoms with van der Waals surface area (Å²) in [6.45, 7) is 3.25. The second kappa shape index (κ2) is 12.3. The molecule has 0 spiro atoms. The summed E-state index contributed by atoms with van der Waals surface area (Å²) in [6, 6.07) is 21.0. The van der Waals surface area contributed by atoms with E-state index in [1.807, 2.05) is 12.1 Å². The molecule has 1 radical (unpaired) electrons. The first-order valence-electron chi connectivity index (χ1n) is 12.5. The number of nitrogens with one attached hydrogen (secondary N) is 1. The molecule has 0 aliphatic heterocycles. The van der Waals surface area contributed by atoms with E-state index in [1.165, 1.54) is 22.7 Å². The molecule has 0 amide bonds. The van der Waals surface area contributed by atoms with Gasteiger partial charge in [0.25, 0.3) is 20.2 Å². The molecule has 11 nitrogen and oxygen atoms in total. The number of fused-ring (bicyclic) bond motifs is 2. The number of aryl methyl sites for hydroxylation is 2. The van der Waals surface area contributed by atoms with Gasteiger partial charge in [-0.15, -0.1) is 27.8 Å². The van der Waals surface area contributed by atoms with Crippen LogP contribution in [0.4, 0.5) is 11.4 Å². The van der Waals surface area contributed by atoms with E-state index >= 15 is 0 Å². The Morgan fingerprint density at radius 2 is 1.09 bits per heavy atom. The Kier molecular flexibility index (Phi) is 9.06. The molecule has 0 saturated carbocycles. The van der Waals surface area contributed by atoms with Gasteiger partial charge in [0, 0.05) is 40.7 Å². The standard InChI is InChI=1S/C28H21N5O6S4.Na/c1-15-3-13-21-23(25(15)42(34,35)36)40-27(29-21)17-5-9-19(10-6-17)31-33-32-20-11-7-18(8-12-20)28-30-22-14-4-16(2)26(24(22)41-28)43(37,38)39;/h3-14H,1-2H3,(H,31,32)(H,34,35,36)(H,37,38,39);. The Bertz CT molecular complexity index is 2280. The quantitative estimate of drug-likeness (QED) is 0.0693. The minimum atomic E-state index is -4.39. The Morgan fingerprint density at radius 3 is 1.52 bits per heavy atom. The third-order valence-corrected chi connectivity index (χ3v) is 11.1. The van der Waals surface area contributed by atoms with Crippen LogP contribution in [0.15, 0.2) is 92.9 Å². The maximum atomic E-state index is 11.9. The van der Waals surface area contributed by atoms with E-state index in [4.69, 9.17) is 0 Å². The summed E-state index contributed by atoms with van der Waals surface area (Å²) in [6.07, 6.45) is 0. The van der Waals surface area contributed by atoms with Gasteiger partial charge >= 0.3 is 0 Å². The van der Waals surface area contributed by atoms with Gasteiger partial charge in [-0.05, 0) is 85.6 Å². The Hall–Kier alpha value is -3.12. The molecule has 2 aromatic heterocycles. The van der Waals surface area contributed by atoms with Gasteiger partial charge in [0.05, 0.1) is 31.8 Å². The summed E-state index contributed by atoms with van der Waals surface area (Å²) in [5.41, 5.74) is 7.50. The van der Waals surface area contributed by atoms with Crippen molar-refractivity contribution in [1.29, 1.82) is 0 Å². The van der Waals surface area contributed by atoms with Crippen LogP contribution in [0.2, 0.25) is 0 Å². The molecule has 44 heavy (non-hydrogen) atoms. The van der Waals surface area contributed by atoms with Crippen molar-refractivity contribution in [3.05, 3.63) is 83.9 Å². The Labute approximate surface area is 282 Å². The first-order valence-corrected chi connectivity index (χ1v) is 17.0. The monoisotopic (exact) mass is 674 g/mol. The first-order chi connectivity index (χ1) is 20.4. The minimum Gasteiger partial charge on any atom is -0.282 e. The van der Waals surface area contributed by atoms with Crippen molar-refractivity contribution >= 4 is 104 Å². The zero-order valence-electron chi connectivity index (χ0n) is 23.4. The van der Waals surface area contributed by atoms with Crippen molar-refractivity contribution in [2.45, 2.75) is 23.6 Å². The van der Waals surface area contributed by atoms with E-state index in [-0.39, 0.29) is 39.3 Å². The number of hydrogen-bond acceptors (Lipinski definition) is 10. The normalized spacial score (nSPS) is 12.2. The van der Waals surface area contributed by atoms with Crippen molar-refractivity contribution in [1.82, 2.24) is 9.97 Å². The molecule has 2 heterocycles. The number of benzene rings is 4. The van der Waals surface area contributed by atoms with Gasteiger partial charge in [-0.3, -0.25) is 14.5 Å². The maximum Gasteiger partial charge on any atom is 0.296 e. The van der Waals surface area contributed by atoms with Crippen LogP contribution < -0.4 is 5.43 Å². The van der Waals surface area contributed by atoms with Gasteiger partial charge in [0.15, 0.2) is 0 Å². The summed E-state index contributed by atoms with van der Waals surface area (Å²) < 4.78 is 67.8. The van der Waals surface area contributed by atoms with Crippen molar-refractivity contribution in [2.75, 3.05) is 5.43 Å². The number of thiazole rings is 2. The van der Waals surface area contributed by atoms with E-state index in [0.29, 0.717) is 53.0 Å². The topological polar surface area (TPSA) is 171 Å². The molecule has 0 saturated heterocycles. The van der Waals surface area contributed by atoms with E-state index in [9.17, 15) is 25.9 Å². The summed E-state index contributed by atoms with van der Waals surface area (Å²) in [5, 5.41) is 9.43. The fraction of sp³-hybridized carbons (Fsp3) is 0.0714. The molecule has 219 valence electrons. The van der Waals surface area contributed by atoms with Crippen LogP contribution in [-0.4, -0.2) is 65.5 Å². The molecule has 16 heteroatoms. The fourth-order valence-corrected chi connectivity index (χ4v) is 9.16. The summed E-state index contributed by atoms with van der Waals surface area (Å²) in [7, 11) is -8.79. The minimum absolute atomic E-state index is 0. The van der Waals surface area contributed by atoms with Gasteiger partial charge in [-0.2, -0.15) is 16.8 Å². The molecule has 0 fully saturated rings. The summed E-state index contributed by atoms with van der Waals surface area (Å²) in [4.78, 5) is 8.80. The zero-order chi connectivity index (χ0) is 30.5. The number of nitrogens with zero attached hydrogens (tertiary/aromatic N) is 4. The van der Waals surface area contributed by atoms with Gasteiger partial charge < -0.3 is 0 Å². The van der Waals surface area contributed by atoms with Gasteiger partial charge in [0.1, 0.15) is 19.8 Å². The number of rotatable bonds is 7. The van der Waals surface area contributed by atoms with Crippen molar-refractivity contribution in [2.24, 2.45) is 10.3 Å². The van der Waals surface area contributed by atoms with Crippen LogP contribution in [0.5, 0.6) is 0 Å². The van der Waals surface area contributed by atoms with Crippen LogP contribution >= 0.6 is 22.7 Å². The Morgan fingerprint density at radius 1 is 0.659 bits per heavy atom. The van der Waals surface area contributed by atoms with Gasteiger partial charge in [-0.25, -0.2) is 9.97 Å².